The molecule has 2 aromatic rings. The number of aromatic hydroxyl groups is 1. The van der Waals surface area contributed by atoms with E-state index in [1.54, 1.807) is 42.5 Å². The second-order valence-electron chi connectivity index (χ2n) is 4.28. The number of hydrogen-bond acceptors (Lipinski definition) is 3. The number of nitrogens with zero attached hydrogens (tertiary/aromatic N) is 1. The fraction of sp³-hybridized carbons (Fsp3) is 0.133. The van der Waals surface area contributed by atoms with Crippen LogP contribution in [0.4, 0.5) is 0 Å². The summed E-state index contributed by atoms with van der Waals surface area (Å²) in [6, 6.07) is 12.2. The Kier molecular flexibility index (Phi) is 4.88. The van der Waals surface area contributed by atoms with E-state index in [0.717, 1.165) is 16.8 Å². The molecule has 0 bridgehead atoms. The van der Waals surface area contributed by atoms with Crippen molar-refractivity contribution < 1.29 is 5.11 Å². The van der Waals surface area contributed by atoms with Crippen LogP contribution < -0.4 is 5.43 Å². The van der Waals surface area contributed by atoms with E-state index in [9.17, 15) is 5.11 Å². The molecule has 0 unspecified atom stereocenters. The lowest BCUT2D eigenvalue weighted by Gasteiger charge is -2.07. The van der Waals surface area contributed by atoms with Gasteiger partial charge in [0.05, 0.1) is 12.3 Å². The molecule has 0 aliphatic rings. The van der Waals surface area contributed by atoms with E-state index in [-0.39, 0.29) is 5.75 Å². The van der Waals surface area contributed by atoms with Crippen LogP contribution in [0, 0.1) is 0 Å². The Morgan fingerprint density at radius 2 is 1.70 bits per heavy atom. The highest BCUT2D eigenvalue weighted by Gasteiger charge is 2.04. The van der Waals surface area contributed by atoms with Gasteiger partial charge < -0.3 is 10.5 Å². The SMILES string of the molecule is C/C(=N\NCc1c(Cl)cccc1Cl)c1ccc(O)cc1. The van der Waals surface area contributed by atoms with Crippen LogP contribution in [-0.2, 0) is 6.54 Å². The molecule has 104 valence electrons. The first-order chi connectivity index (χ1) is 9.58. The highest BCUT2D eigenvalue weighted by Crippen LogP contribution is 2.23. The number of benzene rings is 2. The molecular formula is C15H14Cl2N2O. The van der Waals surface area contributed by atoms with Gasteiger partial charge in [-0.05, 0) is 48.9 Å². The van der Waals surface area contributed by atoms with Gasteiger partial charge in [0, 0.05) is 15.6 Å². The van der Waals surface area contributed by atoms with Gasteiger partial charge in [0.25, 0.3) is 0 Å². The Labute approximate surface area is 127 Å². The fourth-order valence-electron chi connectivity index (χ4n) is 1.71. The quantitative estimate of drug-likeness (QED) is 0.656. The molecule has 0 amide bonds. The van der Waals surface area contributed by atoms with E-state index in [0.29, 0.717) is 16.6 Å². The first-order valence-electron chi connectivity index (χ1n) is 6.07. The van der Waals surface area contributed by atoms with E-state index in [1.165, 1.54) is 0 Å². The van der Waals surface area contributed by atoms with Crippen LogP contribution in [0.3, 0.4) is 0 Å². The van der Waals surface area contributed by atoms with Gasteiger partial charge in [-0.15, -0.1) is 0 Å². The lowest BCUT2D eigenvalue weighted by molar-refractivity contribution is 0.475. The molecule has 0 aliphatic heterocycles. The Morgan fingerprint density at radius 3 is 2.30 bits per heavy atom. The zero-order valence-corrected chi connectivity index (χ0v) is 12.4. The van der Waals surface area contributed by atoms with Crippen molar-refractivity contribution in [3.63, 3.8) is 0 Å². The second kappa shape index (κ2) is 6.64. The summed E-state index contributed by atoms with van der Waals surface area (Å²) in [7, 11) is 0. The largest absolute Gasteiger partial charge is 0.508 e. The maximum atomic E-state index is 9.24. The van der Waals surface area contributed by atoms with Gasteiger partial charge in [0.2, 0.25) is 0 Å². The summed E-state index contributed by atoms with van der Waals surface area (Å²) in [5.41, 5.74) is 5.51. The number of phenolic OH excluding ortho intramolecular Hbond substituents is 1. The van der Waals surface area contributed by atoms with Crippen molar-refractivity contribution >= 4 is 28.9 Å². The number of hydrazone groups is 1. The Bertz CT molecular complexity index is 604. The minimum absolute atomic E-state index is 0.234. The summed E-state index contributed by atoms with van der Waals surface area (Å²) < 4.78 is 0. The second-order valence-corrected chi connectivity index (χ2v) is 5.09. The van der Waals surface area contributed by atoms with E-state index >= 15 is 0 Å². The Hall–Kier alpha value is -1.71. The Morgan fingerprint density at radius 1 is 1.10 bits per heavy atom. The minimum Gasteiger partial charge on any atom is -0.508 e. The third-order valence-electron chi connectivity index (χ3n) is 2.85. The summed E-state index contributed by atoms with van der Waals surface area (Å²) in [6.45, 7) is 2.33. The smallest absolute Gasteiger partial charge is 0.115 e. The van der Waals surface area contributed by atoms with Crippen molar-refractivity contribution in [2.75, 3.05) is 0 Å². The summed E-state index contributed by atoms with van der Waals surface area (Å²) in [5.74, 6) is 0.234. The van der Waals surface area contributed by atoms with Crippen LogP contribution in [0.1, 0.15) is 18.1 Å². The summed E-state index contributed by atoms with van der Waals surface area (Å²) in [4.78, 5) is 0. The van der Waals surface area contributed by atoms with Gasteiger partial charge in [-0.25, -0.2) is 0 Å². The average Bonchev–Trinajstić information content (AvgIpc) is 2.42. The van der Waals surface area contributed by atoms with Crippen LogP contribution in [0.5, 0.6) is 5.75 Å². The number of rotatable bonds is 4. The highest BCUT2D eigenvalue weighted by molar-refractivity contribution is 6.35. The van der Waals surface area contributed by atoms with Gasteiger partial charge in [-0.2, -0.15) is 5.10 Å². The number of hydrogen-bond donors (Lipinski definition) is 2. The van der Waals surface area contributed by atoms with E-state index < -0.39 is 0 Å². The standard InChI is InChI=1S/C15H14Cl2N2O/c1-10(11-5-7-12(20)8-6-11)19-18-9-13-14(16)3-2-4-15(13)17/h2-8,18,20H,9H2,1H3/b19-10+. The molecule has 3 nitrogen and oxygen atoms in total. The van der Waals surface area contributed by atoms with E-state index in [4.69, 9.17) is 23.2 Å². The molecule has 2 aromatic carbocycles. The van der Waals surface area contributed by atoms with Crippen molar-refractivity contribution in [3.05, 3.63) is 63.6 Å². The van der Waals surface area contributed by atoms with Crippen molar-refractivity contribution in [3.8, 4) is 5.75 Å². The lowest BCUT2D eigenvalue weighted by atomic mass is 10.1. The third kappa shape index (κ3) is 3.65. The molecule has 0 spiro atoms. The van der Waals surface area contributed by atoms with Gasteiger partial charge in [0.1, 0.15) is 5.75 Å². The maximum absolute atomic E-state index is 9.24. The molecular weight excluding hydrogens is 295 g/mol. The molecule has 0 aliphatic carbocycles. The van der Waals surface area contributed by atoms with Gasteiger partial charge in [-0.3, -0.25) is 0 Å². The first-order valence-corrected chi connectivity index (χ1v) is 6.83. The summed E-state index contributed by atoms with van der Waals surface area (Å²) in [5, 5.41) is 14.7. The average molecular weight is 309 g/mol. The van der Waals surface area contributed by atoms with E-state index in [2.05, 4.69) is 10.5 Å². The number of halogens is 2. The molecule has 2 rings (SSSR count). The Balaban J connectivity index is 2.04. The summed E-state index contributed by atoms with van der Waals surface area (Å²) >= 11 is 12.2. The van der Waals surface area contributed by atoms with Gasteiger partial charge in [-0.1, -0.05) is 29.3 Å². The van der Waals surface area contributed by atoms with Crippen LogP contribution in [-0.4, -0.2) is 10.8 Å². The van der Waals surface area contributed by atoms with Crippen molar-refractivity contribution in [2.45, 2.75) is 13.5 Å². The van der Waals surface area contributed by atoms with Gasteiger partial charge >= 0.3 is 0 Å². The lowest BCUT2D eigenvalue weighted by Crippen LogP contribution is -2.10. The number of phenols is 1. The topological polar surface area (TPSA) is 44.6 Å². The first kappa shape index (κ1) is 14.7. The molecule has 0 fully saturated rings. The number of nitrogens with one attached hydrogen (secondary N) is 1. The fourth-order valence-corrected chi connectivity index (χ4v) is 2.24. The van der Waals surface area contributed by atoms with Crippen molar-refractivity contribution in [2.24, 2.45) is 5.10 Å². The predicted octanol–water partition coefficient (Wildman–Crippen LogP) is 4.21. The van der Waals surface area contributed by atoms with Crippen molar-refractivity contribution in [1.29, 1.82) is 0 Å². The van der Waals surface area contributed by atoms with E-state index in [1.807, 2.05) is 6.92 Å². The molecule has 5 heteroatoms. The zero-order valence-electron chi connectivity index (χ0n) is 10.9. The van der Waals surface area contributed by atoms with Crippen LogP contribution in [0.15, 0.2) is 47.6 Å². The highest BCUT2D eigenvalue weighted by atomic mass is 35.5. The normalized spacial score (nSPS) is 11.4. The predicted molar refractivity (Wildman–Crippen MR) is 83.6 cm³/mol. The molecule has 0 saturated heterocycles. The van der Waals surface area contributed by atoms with Crippen molar-refractivity contribution in [1.82, 2.24) is 5.43 Å². The summed E-state index contributed by atoms with van der Waals surface area (Å²) in [6.07, 6.45) is 0. The molecule has 0 atom stereocenters. The molecule has 0 heterocycles. The monoisotopic (exact) mass is 308 g/mol. The molecule has 2 N–H and O–H groups in total. The molecule has 20 heavy (non-hydrogen) atoms. The van der Waals surface area contributed by atoms with Crippen LogP contribution >= 0.6 is 23.2 Å². The zero-order chi connectivity index (χ0) is 14.5. The third-order valence-corrected chi connectivity index (χ3v) is 3.56. The molecule has 0 saturated carbocycles. The van der Waals surface area contributed by atoms with Gasteiger partial charge in [0.15, 0.2) is 0 Å². The van der Waals surface area contributed by atoms with Crippen LogP contribution in [0.25, 0.3) is 0 Å². The van der Waals surface area contributed by atoms with Crippen LogP contribution in [0.2, 0.25) is 10.0 Å². The minimum atomic E-state index is 0.234. The molecule has 0 aromatic heterocycles. The maximum Gasteiger partial charge on any atom is 0.115 e. The molecule has 0 radical (unpaired) electrons.